The predicted molar refractivity (Wildman–Crippen MR) is 171 cm³/mol. The van der Waals surface area contributed by atoms with E-state index in [1.807, 2.05) is 52.0 Å². The molecule has 2 aliphatic heterocycles. The number of hydrogen-bond donors (Lipinski definition) is 4. The summed E-state index contributed by atoms with van der Waals surface area (Å²) in [6.07, 6.45) is -2.39. The molecule has 0 aliphatic carbocycles. The van der Waals surface area contributed by atoms with Gasteiger partial charge in [0.15, 0.2) is 0 Å². The molecule has 2 aliphatic rings. The van der Waals surface area contributed by atoms with E-state index in [1.165, 1.54) is 12.1 Å². The van der Waals surface area contributed by atoms with Gasteiger partial charge in [-0.05, 0) is 76.2 Å². The Kier molecular flexibility index (Phi) is 11.9. The van der Waals surface area contributed by atoms with Crippen LogP contribution in [0.4, 0.5) is 18.9 Å². The number of carbonyl (C=O) groups is 4. The molecule has 15 heteroatoms. The minimum atomic E-state index is -4.59. The van der Waals surface area contributed by atoms with Crippen LogP contribution in [0.3, 0.4) is 0 Å². The average Bonchev–Trinajstić information content (AvgIpc) is 3.54. The molecule has 0 aromatic heterocycles. The summed E-state index contributed by atoms with van der Waals surface area (Å²) in [5.74, 6) is -1.85. The van der Waals surface area contributed by atoms with Crippen molar-refractivity contribution < 1.29 is 46.5 Å². The fourth-order valence-corrected chi connectivity index (χ4v) is 5.17. The largest absolute Gasteiger partial charge is 0.494 e. The first-order valence-electron chi connectivity index (χ1n) is 16.0. The summed E-state index contributed by atoms with van der Waals surface area (Å²) in [6, 6.07) is 9.84. The molecule has 4 rings (SSSR count). The van der Waals surface area contributed by atoms with Crippen LogP contribution in [0.25, 0.3) is 0 Å². The second kappa shape index (κ2) is 15.5. The Morgan fingerprint density at radius 1 is 1.02 bits per heavy atom. The Morgan fingerprint density at radius 2 is 1.71 bits per heavy atom. The summed E-state index contributed by atoms with van der Waals surface area (Å²) >= 11 is 0. The number of halogens is 3. The molecule has 0 radical (unpaired) electrons. The van der Waals surface area contributed by atoms with E-state index in [-0.39, 0.29) is 49.8 Å². The Labute approximate surface area is 278 Å². The van der Waals surface area contributed by atoms with Crippen LogP contribution in [0.5, 0.6) is 0 Å². The third kappa shape index (κ3) is 10.0. The van der Waals surface area contributed by atoms with E-state index in [0.29, 0.717) is 19.3 Å². The molecule has 260 valence electrons. The highest BCUT2D eigenvalue weighted by atomic mass is 19.4. The van der Waals surface area contributed by atoms with Gasteiger partial charge in [-0.15, -0.1) is 0 Å². The van der Waals surface area contributed by atoms with Crippen molar-refractivity contribution in [1.29, 1.82) is 0 Å². The first kappa shape index (κ1) is 36.9. The number of anilines is 1. The highest BCUT2D eigenvalue weighted by molar-refractivity contribution is 6.62. The first-order valence-corrected chi connectivity index (χ1v) is 16.0. The Balaban J connectivity index is 1.20. The smallest absolute Gasteiger partial charge is 0.399 e. The summed E-state index contributed by atoms with van der Waals surface area (Å²) < 4.78 is 51.5. The van der Waals surface area contributed by atoms with Gasteiger partial charge in [0.05, 0.1) is 23.4 Å². The van der Waals surface area contributed by atoms with E-state index < -0.39 is 54.0 Å². The van der Waals surface area contributed by atoms with E-state index in [2.05, 4.69) is 21.4 Å². The molecule has 0 spiro atoms. The normalized spacial score (nSPS) is 19.0. The average molecular weight is 675 g/mol. The number of nitrogens with one attached hydrogen (secondary N) is 4. The maximum absolute atomic E-state index is 13.1. The van der Waals surface area contributed by atoms with Crippen LogP contribution >= 0.6 is 0 Å². The molecule has 0 bridgehead atoms. The molecule has 1 unspecified atom stereocenters. The zero-order valence-corrected chi connectivity index (χ0v) is 27.5. The van der Waals surface area contributed by atoms with Gasteiger partial charge in [-0.25, -0.2) is 5.48 Å². The quantitative estimate of drug-likeness (QED) is 0.135. The molecule has 2 aromatic rings. The Bertz CT molecular complexity index is 1450. The monoisotopic (exact) mass is 674 g/mol. The van der Waals surface area contributed by atoms with Crippen molar-refractivity contribution in [1.82, 2.24) is 16.1 Å². The van der Waals surface area contributed by atoms with Crippen LogP contribution < -0.4 is 26.9 Å². The lowest BCUT2D eigenvalue weighted by atomic mass is 9.79. The van der Waals surface area contributed by atoms with Crippen LogP contribution in [0, 0.1) is 0 Å². The summed E-state index contributed by atoms with van der Waals surface area (Å²) in [5, 5.41) is 7.59. The molecular formula is C33H42BF3N4O7. The summed E-state index contributed by atoms with van der Waals surface area (Å²) in [7, 11) is -0.476. The fraction of sp³-hybridized carbons (Fsp3) is 0.515. The topological polar surface area (TPSA) is 144 Å². The first-order chi connectivity index (χ1) is 22.5. The van der Waals surface area contributed by atoms with Crippen molar-refractivity contribution in [2.75, 3.05) is 5.32 Å². The van der Waals surface area contributed by atoms with E-state index in [1.54, 1.807) is 0 Å². The summed E-state index contributed by atoms with van der Waals surface area (Å²) in [5.41, 5.74) is 2.25. The molecule has 4 N–H and O–H groups in total. The van der Waals surface area contributed by atoms with Gasteiger partial charge in [0, 0.05) is 18.5 Å². The van der Waals surface area contributed by atoms with Gasteiger partial charge in [0.1, 0.15) is 12.1 Å². The van der Waals surface area contributed by atoms with Gasteiger partial charge in [0.25, 0.3) is 0 Å². The molecule has 4 amide bonds. The van der Waals surface area contributed by atoms with Gasteiger partial charge in [0.2, 0.25) is 23.6 Å². The highest BCUT2D eigenvalue weighted by Crippen LogP contribution is 2.36. The van der Waals surface area contributed by atoms with Gasteiger partial charge in [-0.1, -0.05) is 43.2 Å². The molecule has 2 atom stereocenters. The minimum absolute atomic E-state index is 0.0687. The maximum atomic E-state index is 13.1. The second-order valence-corrected chi connectivity index (χ2v) is 13.0. The van der Waals surface area contributed by atoms with Crippen molar-refractivity contribution in [3.8, 4) is 0 Å². The molecule has 2 heterocycles. The van der Waals surface area contributed by atoms with Gasteiger partial charge >= 0.3 is 13.3 Å². The molecule has 2 fully saturated rings. The minimum Gasteiger partial charge on any atom is -0.399 e. The molecule has 2 saturated heterocycles. The zero-order valence-electron chi connectivity index (χ0n) is 27.5. The fourth-order valence-electron chi connectivity index (χ4n) is 5.17. The van der Waals surface area contributed by atoms with E-state index in [4.69, 9.17) is 14.1 Å². The lowest BCUT2D eigenvalue weighted by Crippen LogP contribution is -2.50. The number of carbonyl (C=O) groups excluding carboxylic acids is 4. The number of benzene rings is 2. The lowest BCUT2D eigenvalue weighted by molar-refractivity contribution is -0.137. The van der Waals surface area contributed by atoms with E-state index >= 15 is 0 Å². The van der Waals surface area contributed by atoms with Crippen molar-refractivity contribution >= 4 is 41.9 Å². The number of rotatable bonds is 14. The Hall–Kier alpha value is -3.95. The molecule has 2 aromatic carbocycles. The van der Waals surface area contributed by atoms with Crippen molar-refractivity contribution in [3.63, 3.8) is 0 Å². The van der Waals surface area contributed by atoms with Gasteiger partial charge in [-0.2, -0.15) is 13.2 Å². The van der Waals surface area contributed by atoms with Gasteiger partial charge < -0.3 is 25.3 Å². The SMILES string of the molecule is CC1(C)OB(c2ccc(CONC(=O)CCCCCC(NC(=O)[C@@H]3CCC(=O)N3)C(=O)Nc3cccc(C(F)(F)F)c3)cc2)OC1(C)C. The Morgan fingerprint density at radius 3 is 2.33 bits per heavy atom. The number of amides is 4. The molecule has 11 nitrogen and oxygen atoms in total. The molecular weight excluding hydrogens is 632 g/mol. The summed E-state index contributed by atoms with van der Waals surface area (Å²) in [6.45, 7) is 8.10. The number of hydroxylamine groups is 1. The van der Waals surface area contributed by atoms with Crippen LogP contribution in [0.15, 0.2) is 48.5 Å². The van der Waals surface area contributed by atoms with Crippen molar-refractivity contribution in [3.05, 3.63) is 59.7 Å². The third-order valence-electron chi connectivity index (χ3n) is 8.73. The van der Waals surface area contributed by atoms with Crippen LogP contribution in [0.1, 0.15) is 83.8 Å². The van der Waals surface area contributed by atoms with E-state index in [9.17, 15) is 32.3 Å². The summed E-state index contributed by atoms with van der Waals surface area (Å²) in [4.78, 5) is 55.0. The van der Waals surface area contributed by atoms with Crippen LogP contribution in [0.2, 0.25) is 0 Å². The van der Waals surface area contributed by atoms with E-state index in [0.717, 1.165) is 23.2 Å². The van der Waals surface area contributed by atoms with Crippen molar-refractivity contribution in [2.45, 2.75) is 109 Å². The standard InChI is InChI=1S/C33H42BF3N4O7/c1-31(2)32(3,4)48-34(47-31)23-15-13-21(14-16-23)20-46-41-28(43)12-7-5-6-11-25(40-30(45)26-17-18-27(42)39-26)29(44)38-24-10-8-9-22(19-24)33(35,36)37/h8-10,13-16,19,25-26H,5-7,11-12,17-18,20H2,1-4H3,(H,38,44)(H,39,42)(H,40,45)(H,41,43)/t25?,26-/m0/s1. The second-order valence-electron chi connectivity index (χ2n) is 13.0. The number of hydrogen-bond acceptors (Lipinski definition) is 7. The van der Waals surface area contributed by atoms with Gasteiger partial charge in [-0.3, -0.25) is 24.0 Å². The zero-order chi connectivity index (χ0) is 35.1. The van der Waals surface area contributed by atoms with Crippen molar-refractivity contribution in [2.24, 2.45) is 0 Å². The molecule has 48 heavy (non-hydrogen) atoms. The highest BCUT2D eigenvalue weighted by Gasteiger charge is 2.51. The number of alkyl halides is 3. The molecule has 0 saturated carbocycles. The number of unbranched alkanes of at least 4 members (excludes halogenated alkanes) is 2. The van der Waals surface area contributed by atoms with Crippen LogP contribution in [-0.4, -0.2) is 54.0 Å². The van der Waals surface area contributed by atoms with Crippen LogP contribution in [-0.2, 0) is 46.1 Å². The maximum Gasteiger partial charge on any atom is 0.494 e. The predicted octanol–water partition coefficient (Wildman–Crippen LogP) is 3.91. The third-order valence-corrected chi connectivity index (χ3v) is 8.73. The lowest BCUT2D eigenvalue weighted by Gasteiger charge is -2.32.